The number of likely N-dealkylation sites (N-methyl/N-ethyl adjacent to an activating group) is 1. The Hall–Kier alpha value is -3.99. The molecule has 3 rings (SSSR count). The second kappa shape index (κ2) is 12.6. The normalized spacial score (nSPS) is 11.6. The summed E-state index contributed by atoms with van der Waals surface area (Å²) in [5.74, 6) is 0.624. The number of anilines is 4. The molecule has 2 N–H and O–H groups in total. The molecule has 36 heavy (non-hydrogen) atoms. The first kappa shape index (κ1) is 26.6. The molecule has 0 fully saturated rings. The molecule has 192 valence electrons. The van der Waals surface area contributed by atoms with Crippen molar-refractivity contribution in [2.24, 2.45) is 0 Å². The zero-order valence-electron chi connectivity index (χ0n) is 20.8. The molecule has 1 aromatic heterocycles. The summed E-state index contributed by atoms with van der Waals surface area (Å²) in [7, 11) is 5.52. The number of nitrogens with zero attached hydrogens (tertiary/aromatic N) is 5. The number of carboxylic acid groups (broad SMARTS) is 1. The van der Waals surface area contributed by atoms with Crippen LogP contribution in [-0.4, -0.2) is 73.0 Å². The molecule has 1 heterocycles. The zero-order valence-corrected chi connectivity index (χ0v) is 20.8. The van der Waals surface area contributed by atoms with E-state index in [2.05, 4.69) is 20.3 Å². The molecule has 0 radical (unpaired) electrons. The van der Waals surface area contributed by atoms with E-state index in [-0.39, 0.29) is 12.2 Å². The molecule has 0 bridgehead atoms. The van der Waals surface area contributed by atoms with Gasteiger partial charge in [-0.25, -0.2) is 9.18 Å². The molecule has 11 heteroatoms. The van der Waals surface area contributed by atoms with Gasteiger partial charge in [0.1, 0.15) is 18.2 Å². The van der Waals surface area contributed by atoms with Crippen LogP contribution in [0.4, 0.5) is 27.9 Å². The number of nitrogens with one attached hydrogen (secondary N) is 1. The number of ether oxygens (including phenoxy) is 2. The van der Waals surface area contributed by atoms with Crippen LogP contribution in [0, 0.1) is 5.82 Å². The highest BCUT2D eigenvalue weighted by Gasteiger charge is 2.18. The number of hydrogen-bond acceptors (Lipinski definition) is 9. The number of aromatic nitrogens is 3. The van der Waals surface area contributed by atoms with Crippen LogP contribution in [0.1, 0.15) is 12.5 Å². The van der Waals surface area contributed by atoms with E-state index in [4.69, 9.17) is 9.47 Å². The van der Waals surface area contributed by atoms with Crippen molar-refractivity contribution in [3.05, 3.63) is 59.9 Å². The highest BCUT2D eigenvalue weighted by molar-refractivity contribution is 5.72. The first-order chi connectivity index (χ1) is 17.2. The standard InChI is InChI=1S/C25H31FN6O4/c1-5-35-21(22(33)34)16-17-6-12-20(13-7-17)36-15-14-32(4)25-29-23(28-24(30-25)31(2)3)27-19-10-8-18(26)9-11-19/h6-13,21H,5,14-16H2,1-4H3,(H,33,34)(H,27,28,29,30). The second-order valence-corrected chi connectivity index (χ2v) is 8.19. The van der Waals surface area contributed by atoms with Crippen molar-refractivity contribution in [2.45, 2.75) is 19.4 Å². The maximum atomic E-state index is 13.2. The van der Waals surface area contributed by atoms with Crippen LogP contribution in [0.15, 0.2) is 48.5 Å². The molecule has 0 saturated carbocycles. The molecule has 10 nitrogen and oxygen atoms in total. The quantitative estimate of drug-likeness (QED) is 0.364. The van der Waals surface area contributed by atoms with Gasteiger partial charge >= 0.3 is 5.97 Å². The minimum Gasteiger partial charge on any atom is -0.492 e. The molecule has 0 aliphatic rings. The predicted molar refractivity (Wildman–Crippen MR) is 136 cm³/mol. The average Bonchev–Trinajstić information content (AvgIpc) is 2.85. The van der Waals surface area contributed by atoms with E-state index in [0.29, 0.717) is 49.0 Å². The number of halogens is 1. The van der Waals surface area contributed by atoms with Gasteiger partial charge in [-0.1, -0.05) is 12.1 Å². The Morgan fingerprint density at radius 2 is 1.69 bits per heavy atom. The molecule has 0 spiro atoms. The molecule has 1 unspecified atom stereocenters. The van der Waals surface area contributed by atoms with Crippen molar-refractivity contribution < 1.29 is 23.8 Å². The Morgan fingerprint density at radius 1 is 1.03 bits per heavy atom. The predicted octanol–water partition coefficient (Wildman–Crippen LogP) is 3.37. The maximum Gasteiger partial charge on any atom is 0.333 e. The number of benzene rings is 2. The third-order valence-electron chi connectivity index (χ3n) is 5.14. The minimum atomic E-state index is -0.980. The smallest absolute Gasteiger partial charge is 0.333 e. The Morgan fingerprint density at radius 3 is 2.31 bits per heavy atom. The summed E-state index contributed by atoms with van der Waals surface area (Å²) < 4.78 is 24.3. The van der Waals surface area contributed by atoms with Crippen LogP contribution in [0.5, 0.6) is 5.75 Å². The lowest BCUT2D eigenvalue weighted by atomic mass is 10.1. The minimum absolute atomic E-state index is 0.286. The summed E-state index contributed by atoms with van der Waals surface area (Å²) in [5, 5.41) is 12.3. The second-order valence-electron chi connectivity index (χ2n) is 8.19. The molecule has 0 saturated heterocycles. The summed E-state index contributed by atoms with van der Waals surface area (Å²) in [5.41, 5.74) is 1.51. The molecule has 1 atom stereocenters. The summed E-state index contributed by atoms with van der Waals surface area (Å²) in [6.07, 6.45) is -0.584. The van der Waals surface area contributed by atoms with E-state index in [0.717, 1.165) is 5.56 Å². The van der Waals surface area contributed by atoms with Gasteiger partial charge in [0.15, 0.2) is 6.10 Å². The van der Waals surface area contributed by atoms with E-state index in [1.54, 1.807) is 36.1 Å². The summed E-state index contributed by atoms with van der Waals surface area (Å²) in [6, 6.07) is 13.2. The lowest BCUT2D eigenvalue weighted by molar-refractivity contribution is -0.149. The van der Waals surface area contributed by atoms with Crippen LogP contribution in [0.3, 0.4) is 0 Å². The fourth-order valence-corrected chi connectivity index (χ4v) is 3.20. The SMILES string of the molecule is CCOC(Cc1ccc(OCCN(C)c2nc(Nc3ccc(F)cc3)nc(N(C)C)n2)cc1)C(=O)O. The van der Waals surface area contributed by atoms with E-state index >= 15 is 0 Å². The van der Waals surface area contributed by atoms with Crippen LogP contribution < -0.4 is 19.9 Å². The Labute approximate surface area is 209 Å². The largest absolute Gasteiger partial charge is 0.492 e. The summed E-state index contributed by atoms with van der Waals surface area (Å²) in [4.78, 5) is 28.3. The molecule has 0 amide bonds. The van der Waals surface area contributed by atoms with Gasteiger partial charge in [-0.2, -0.15) is 15.0 Å². The van der Waals surface area contributed by atoms with Crippen molar-refractivity contribution >= 4 is 29.5 Å². The van der Waals surface area contributed by atoms with Crippen LogP contribution >= 0.6 is 0 Å². The van der Waals surface area contributed by atoms with Gasteiger partial charge < -0.3 is 29.7 Å². The van der Waals surface area contributed by atoms with E-state index in [9.17, 15) is 14.3 Å². The van der Waals surface area contributed by atoms with Crippen LogP contribution in [0.2, 0.25) is 0 Å². The number of aliphatic carboxylic acids is 1. The molecule has 2 aromatic carbocycles. The van der Waals surface area contributed by atoms with E-state index in [1.807, 2.05) is 38.2 Å². The van der Waals surface area contributed by atoms with Gasteiger partial charge in [0.25, 0.3) is 0 Å². The van der Waals surface area contributed by atoms with Crippen molar-refractivity contribution in [3.63, 3.8) is 0 Å². The summed E-state index contributed by atoms with van der Waals surface area (Å²) >= 11 is 0. The third-order valence-corrected chi connectivity index (χ3v) is 5.14. The molecule has 0 aliphatic heterocycles. The first-order valence-electron chi connectivity index (χ1n) is 11.5. The van der Waals surface area contributed by atoms with Crippen LogP contribution in [-0.2, 0) is 16.0 Å². The van der Waals surface area contributed by atoms with Gasteiger partial charge in [-0.3, -0.25) is 0 Å². The summed E-state index contributed by atoms with van der Waals surface area (Å²) in [6.45, 7) is 2.98. The topological polar surface area (TPSA) is 113 Å². The fourth-order valence-electron chi connectivity index (χ4n) is 3.20. The van der Waals surface area contributed by atoms with Crippen molar-refractivity contribution in [3.8, 4) is 5.75 Å². The van der Waals surface area contributed by atoms with Gasteiger partial charge in [0.2, 0.25) is 17.8 Å². The third kappa shape index (κ3) is 7.77. The number of rotatable bonds is 13. The molecular formula is C25H31FN6O4. The number of hydrogen-bond donors (Lipinski definition) is 2. The highest BCUT2D eigenvalue weighted by Crippen LogP contribution is 2.19. The molecule has 0 aliphatic carbocycles. The lowest BCUT2D eigenvalue weighted by Crippen LogP contribution is -2.27. The van der Waals surface area contributed by atoms with Gasteiger partial charge in [0, 0.05) is 39.9 Å². The Balaban J connectivity index is 1.59. The van der Waals surface area contributed by atoms with Crippen molar-refractivity contribution in [1.82, 2.24) is 15.0 Å². The van der Waals surface area contributed by atoms with E-state index in [1.165, 1.54) is 12.1 Å². The fraction of sp³-hybridized carbons (Fsp3) is 0.360. The molecular weight excluding hydrogens is 467 g/mol. The van der Waals surface area contributed by atoms with E-state index < -0.39 is 12.1 Å². The highest BCUT2D eigenvalue weighted by atomic mass is 19.1. The Bertz CT molecular complexity index is 1130. The molecule has 3 aromatic rings. The van der Waals surface area contributed by atoms with Crippen molar-refractivity contribution in [1.29, 1.82) is 0 Å². The first-order valence-corrected chi connectivity index (χ1v) is 11.5. The van der Waals surface area contributed by atoms with Gasteiger partial charge in [-0.05, 0) is 48.9 Å². The zero-order chi connectivity index (χ0) is 26.1. The van der Waals surface area contributed by atoms with Crippen molar-refractivity contribution in [2.75, 3.05) is 56.0 Å². The maximum absolute atomic E-state index is 13.2. The van der Waals surface area contributed by atoms with Gasteiger partial charge in [0.05, 0.1) is 6.54 Å². The number of carboxylic acids is 1. The Kier molecular flexibility index (Phi) is 9.34. The monoisotopic (exact) mass is 498 g/mol. The number of carbonyl (C=O) groups is 1. The lowest BCUT2D eigenvalue weighted by Gasteiger charge is -2.20. The van der Waals surface area contributed by atoms with Gasteiger partial charge in [-0.15, -0.1) is 0 Å². The van der Waals surface area contributed by atoms with Crippen LogP contribution in [0.25, 0.3) is 0 Å². The average molecular weight is 499 g/mol.